The normalized spacial score (nSPS) is 16.9. The molecule has 1 heterocycles. The summed E-state index contributed by atoms with van der Waals surface area (Å²) in [6.45, 7) is 5.92. The molecule has 23 heavy (non-hydrogen) atoms. The van der Waals surface area contributed by atoms with Crippen LogP contribution in [0.2, 0.25) is 0 Å². The van der Waals surface area contributed by atoms with Gasteiger partial charge in [-0.3, -0.25) is 14.5 Å². The number of amides is 2. The van der Waals surface area contributed by atoms with Gasteiger partial charge in [-0.25, -0.2) is 0 Å². The molecule has 0 aromatic heterocycles. The minimum atomic E-state index is -0.129. The van der Waals surface area contributed by atoms with Crippen LogP contribution in [0.15, 0.2) is 30.3 Å². The summed E-state index contributed by atoms with van der Waals surface area (Å²) in [7, 11) is 0. The van der Waals surface area contributed by atoms with Crippen molar-refractivity contribution < 1.29 is 9.59 Å². The third kappa shape index (κ3) is 5.33. The molecule has 1 atom stereocenters. The lowest BCUT2D eigenvalue weighted by molar-refractivity contribution is -0.136. The molecule has 1 saturated heterocycles. The van der Waals surface area contributed by atoms with E-state index < -0.39 is 0 Å². The number of nitrogens with two attached hydrogens (primary N) is 1. The second-order valence-corrected chi connectivity index (χ2v) is 6.00. The molecular weight excluding hydrogens is 292 g/mol. The van der Waals surface area contributed by atoms with E-state index in [0.29, 0.717) is 32.7 Å². The van der Waals surface area contributed by atoms with Crippen molar-refractivity contribution in [2.24, 2.45) is 11.7 Å². The molecule has 6 nitrogen and oxygen atoms in total. The minimum Gasteiger partial charge on any atom is -0.351 e. The van der Waals surface area contributed by atoms with Crippen LogP contribution in [-0.2, 0) is 16.1 Å². The second-order valence-electron chi connectivity index (χ2n) is 6.00. The zero-order chi connectivity index (χ0) is 16.7. The molecular formula is C17H26N4O2. The number of nitrogens with zero attached hydrogens (tertiary/aromatic N) is 2. The molecule has 1 fully saturated rings. The monoisotopic (exact) mass is 318 g/mol. The van der Waals surface area contributed by atoms with E-state index in [2.05, 4.69) is 10.2 Å². The lowest BCUT2D eigenvalue weighted by Gasteiger charge is -2.35. The summed E-state index contributed by atoms with van der Waals surface area (Å²) in [6, 6.07) is 9.85. The summed E-state index contributed by atoms with van der Waals surface area (Å²) >= 11 is 0. The molecule has 0 aliphatic carbocycles. The van der Waals surface area contributed by atoms with Gasteiger partial charge in [0.25, 0.3) is 0 Å². The van der Waals surface area contributed by atoms with Gasteiger partial charge >= 0.3 is 0 Å². The van der Waals surface area contributed by atoms with Crippen LogP contribution in [0.4, 0.5) is 0 Å². The Morgan fingerprint density at radius 2 is 1.83 bits per heavy atom. The van der Waals surface area contributed by atoms with Gasteiger partial charge in [0.15, 0.2) is 0 Å². The highest BCUT2D eigenvalue weighted by atomic mass is 16.2. The van der Waals surface area contributed by atoms with Crippen LogP contribution in [0.5, 0.6) is 0 Å². The van der Waals surface area contributed by atoms with Crippen molar-refractivity contribution in [3.05, 3.63) is 35.9 Å². The highest BCUT2D eigenvalue weighted by Gasteiger charge is 2.24. The number of hydrogen-bond acceptors (Lipinski definition) is 4. The van der Waals surface area contributed by atoms with Crippen LogP contribution in [0.1, 0.15) is 12.5 Å². The lowest BCUT2D eigenvalue weighted by atomic mass is 10.1. The van der Waals surface area contributed by atoms with Gasteiger partial charge in [-0.1, -0.05) is 37.3 Å². The predicted molar refractivity (Wildman–Crippen MR) is 89.5 cm³/mol. The Balaban J connectivity index is 1.69. The summed E-state index contributed by atoms with van der Waals surface area (Å²) in [6.07, 6.45) is 0. The van der Waals surface area contributed by atoms with E-state index in [1.807, 2.05) is 42.2 Å². The Morgan fingerprint density at radius 3 is 2.43 bits per heavy atom. The number of carbonyl (C=O) groups excluding carboxylic acids is 2. The zero-order valence-electron chi connectivity index (χ0n) is 13.7. The van der Waals surface area contributed by atoms with Crippen molar-refractivity contribution >= 4 is 11.8 Å². The Kier molecular flexibility index (Phi) is 6.55. The minimum absolute atomic E-state index is 0.0176. The molecule has 1 aliphatic rings. The Bertz CT molecular complexity index is 513. The SMILES string of the molecule is CC(CN)C(=O)N1CCN(CC(=O)NCc2ccccc2)CC1. The predicted octanol–water partition coefficient (Wildman–Crippen LogP) is 0.0418. The first kappa shape index (κ1) is 17.4. The summed E-state index contributed by atoms with van der Waals surface area (Å²) in [4.78, 5) is 28.0. The summed E-state index contributed by atoms with van der Waals surface area (Å²) in [5.41, 5.74) is 6.63. The molecule has 1 aromatic carbocycles. The third-order valence-electron chi connectivity index (χ3n) is 4.16. The number of hydrogen-bond donors (Lipinski definition) is 2. The fourth-order valence-corrected chi connectivity index (χ4v) is 2.59. The van der Waals surface area contributed by atoms with Crippen molar-refractivity contribution in [2.75, 3.05) is 39.3 Å². The quantitative estimate of drug-likeness (QED) is 0.776. The molecule has 2 rings (SSSR count). The van der Waals surface area contributed by atoms with Crippen LogP contribution in [0.3, 0.4) is 0 Å². The fourth-order valence-electron chi connectivity index (χ4n) is 2.59. The lowest BCUT2D eigenvalue weighted by Crippen LogP contribution is -2.52. The molecule has 1 unspecified atom stereocenters. The highest BCUT2D eigenvalue weighted by molar-refractivity contribution is 5.79. The van der Waals surface area contributed by atoms with Gasteiger partial charge in [0.05, 0.1) is 6.54 Å². The topological polar surface area (TPSA) is 78.7 Å². The van der Waals surface area contributed by atoms with E-state index in [0.717, 1.165) is 18.7 Å². The van der Waals surface area contributed by atoms with Crippen LogP contribution >= 0.6 is 0 Å². The number of benzene rings is 1. The maximum absolute atomic E-state index is 12.1. The molecule has 0 spiro atoms. The number of piperazine rings is 1. The van der Waals surface area contributed by atoms with Crippen molar-refractivity contribution in [1.82, 2.24) is 15.1 Å². The maximum atomic E-state index is 12.1. The van der Waals surface area contributed by atoms with Crippen molar-refractivity contribution in [3.8, 4) is 0 Å². The summed E-state index contributed by atoms with van der Waals surface area (Å²) in [5.74, 6) is 0.000330. The molecule has 1 aromatic rings. The van der Waals surface area contributed by atoms with E-state index in [9.17, 15) is 9.59 Å². The highest BCUT2D eigenvalue weighted by Crippen LogP contribution is 2.06. The molecule has 0 bridgehead atoms. The van der Waals surface area contributed by atoms with Crippen LogP contribution < -0.4 is 11.1 Å². The molecule has 2 amide bonds. The van der Waals surface area contributed by atoms with Crippen molar-refractivity contribution in [3.63, 3.8) is 0 Å². The summed E-state index contributed by atoms with van der Waals surface area (Å²) in [5, 5.41) is 2.93. The van der Waals surface area contributed by atoms with Crippen LogP contribution in [-0.4, -0.2) is 60.9 Å². The molecule has 126 valence electrons. The first-order chi connectivity index (χ1) is 11.1. The van der Waals surface area contributed by atoms with Crippen molar-refractivity contribution in [1.29, 1.82) is 0 Å². The zero-order valence-corrected chi connectivity index (χ0v) is 13.7. The number of rotatable bonds is 6. The second kappa shape index (κ2) is 8.64. The Morgan fingerprint density at radius 1 is 1.17 bits per heavy atom. The number of nitrogens with one attached hydrogen (secondary N) is 1. The van der Waals surface area contributed by atoms with E-state index >= 15 is 0 Å². The largest absolute Gasteiger partial charge is 0.351 e. The molecule has 0 saturated carbocycles. The molecule has 6 heteroatoms. The van der Waals surface area contributed by atoms with Gasteiger partial charge in [-0.15, -0.1) is 0 Å². The van der Waals surface area contributed by atoms with E-state index in [1.165, 1.54) is 0 Å². The van der Waals surface area contributed by atoms with Gasteiger partial charge in [0.2, 0.25) is 11.8 Å². The Hall–Kier alpha value is -1.92. The van der Waals surface area contributed by atoms with Crippen LogP contribution in [0, 0.1) is 5.92 Å². The van der Waals surface area contributed by atoms with Gasteiger partial charge < -0.3 is 16.0 Å². The first-order valence-electron chi connectivity index (χ1n) is 8.12. The summed E-state index contributed by atoms with van der Waals surface area (Å²) < 4.78 is 0. The van der Waals surface area contributed by atoms with Crippen LogP contribution in [0.25, 0.3) is 0 Å². The molecule has 1 aliphatic heterocycles. The average molecular weight is 318 g/mol. The standard InChI is InChI=1S/C17H26N4O2/c1-14(11-18)17(23)21-9-7-20(8-10-21)13-16(22)19-12-15-5-3-2-4-6-15/h2-6,14H,7-13,18H2,1H3,(H,19,22). The fraction of sp³-hybridized carbons (Fsp3) is 0.529. The smallest absolute Gasteiger partial charge is 0.234 e. The molecule has 3 N–H and O–H groups in total. The first-order valence-corrected chi connectivity index (χ1v) is 8.12. The van der Waals surface area contributed by atoms with Gasteiger partial charge in [-0.05, 0) is 5.56 Å². The maximum Gasteiger partial charge on any atom is 0.234 e. The van der Waals surface area contributed by atoms with Gasteiger partial charge in [0.1, 0.15) is 0 Å². The van der Waals surface area contributed by atoms with E-state index in [4.69, 9.17) is 5.73 Å². The van der Waals surface area contributed by atoms with E-state index in [1.54, 1.807) is 0 Å². The van der Waals surface area contributed by atoms with Gasteiger partial charge in [-0.2, -0.15) is 0 Å². The third-order valence-corrected chi connectivity index (χ3v) is 4.16. The molecule has 0 radical (unpaired) electrons. The number of carbonyl (C=O) groups is 2. The Labute approximate surface area is 137 Å². The van der Waals surface area contributed by atoms with Gasteiger partial charge in [0, 0.05) is 45.2 Å². The van der Waals surface area contributed by atoms with E-state index in [-0.39, 0.29) is 17.7 Å². The van der Waals surface area contributed by atoms with Crippen molar-refractivity contribution in [2.45, 2.75) is 13.5 Å². The average Bonchev–Trinajstić information content (AvgIpc) is 2.60.